The Bertz CT molecular complexity index is 2180. The number of aromatic amines is 2. The van der Waals surface area contributed by atoms with Crippen LogP contribution in [-0.2, 0) is 56.0 Å². The fraction of sp³-hybridized carbons (Fsp3) is 0.524. The number of likely N-dealkylation sites (tertiary alicyclic amines) is 1. The second-order valence-electron chi connectivity index (χ2n) is 16.2. The van der Waals surface area contributed by atoms with Crippen LogP contribution in [0.4, 0.5) is 0 Å². The second-order valence-corrected chi connectivity index (χ2v) is 16.2. The van der Waals surface area contributed by atoms with E-state index in [0.29, 0.717) is 35.0 Å². The van der Waals surface area contributed by atoms with Crippen molar-refractivity contribution in [1.82, 2.24) is 46.4 Å². The van der Waals surface area contributed by atoms with Crippen LogP contribution in [0.15, 0.2) is 43.0 Å². The molecule has 3 aromatic rings. The summed E-state index contributed by atoms with van der Waals surface area (Å²) in [5.74, 6) is -9.10. The van der Waals surface area contributed by atoms with Gasteiger partial charge in [-0.1, -0.05) is 38.5 Å². The lowest BCUT2D eigenvalue weighted by molar-refractivity contribution is -0.150. The molecule has 354 valence electrons. The van der Waals surface area contributed by atoms with Crippen LogP contribution in [-0.4, -0.2) is 143 Å². The number of nitrogens with two attached hydrogens (primary N) is 2. The van der Waals surface area contributed by atoms with Crippen molar-refractivity contribution in [3.05, 3.63) is 54.2 Å². The number of nitrogens with one attached hydrogen (secondary N) is 7. The molecule has 0 spiro atoms. The number of carbonyl (C=O) groups is 9. The molecule has 3 heterocycles. The van der Waals surface area contributed by atoms with E-state index in [4.69, 9.17) is 11.5 Å². The van der Waals surface area contributed by atoms with Crippen molar-refractivity contribution in [2.45, 2.75) is 127 Å². The zero-order chi connectivity index (χ0) is 48.0. The van der Waals surface area contributed by atoms with Gasteiger partial charge in [0.2, 0.25) is 41.4 Å². The molecule has 9 atom stereocenters. The van der Waals surface area contributed by atoms with Crippen LogP contribution < -0.4 is 38.1 Å². The number of fused-ring (bicyclic) bond motifs is 1. The van der Waals surface area contributed by atoms with E-state index in [2.05, 4.69) is 41.5 Å². The van der Waals surface area contributed by atoms with Gasteiger partial charge in [0.05, 0.1) is 18.5 Å². The Balaban J connectivity index is 1.62. The van der Waals surface area contributed by atoms with Crippen LogP contribution >= 0.6 is 0 Å². The van der Waals surface area contributed by atoms with Gasteiger partial charge < -0.3 is 68.2 Å². The highest BCUT2D eigenvalue weighted by atomic mass is 16.4. The van der Waals surface area contributed by atoms with Gasteiger partial charge in [0, 0.05) is 61.2 Å². The summed E-state index contributed by atoms with van der Waals surface area (Å²) in [5, 5.41) is 43.5. The maximum atomic E-state index is 14.4. The smallest absolute Gasteiger partial charge is 0.326 e. The molecule has 14 N–H and O–H groups in total. The molecule has 23 nitrogen and oxygen atoms in total. The number of hydrogen-bond acceptors (Lipinski definition) is 12. The number of aromatic nitrogens is 3. The Morgan fingerprint density at radius 2 is 1.45 bits per heavy atom. The zero-order valence-electron chi connectivity index (χ0n) is 36.4. The summed E-state index contributed by atoms with van der Waals surface area (Å²) < 4.78 is 0. The number of aliphatic hydroxyl groups excluding tert-OH is 1. The molecule has 4 rings (SSSR count). The average Bonchev–Trinajstić information content (AvgIpc) is 4.06. The number of carbonyl (C=O) groups excluding carboxylic acids is 7. The number of nitrogens with zero attached hydrogens (tertiary/aromatic N) is 2. The standard InChI is InChI=1S/C42H59N11O12/c1-4-21(2)34(41(63)53-15-7-10-31(53)42(64)65)51-37(59)28(12-14-33(56)57)48-38(60)29(16-23-18-46-27-9-6-5-8-25(23)27)50-40(62)35(22(3)54)52-39(61)30(17-24-19-45-20-47-24)49-36(58)26(43)11-13-32(44)55/h5-6,8-9,18-22,26,28-31,34-35,46,54H,4,7,10-17,43H2,1-3H3,(H2,44,55)(H,45,47)(H,48,60)(H,49,58)(H,50,62)(H,51,59)(H,52,61)(H,56,57)(H,64,65)/t21-,22+,26-,28-,29-,30-,31-,34-,35-/m0/s1. The molecule has 7 amide bonds. The summed E-state index contributed by atoms with van der Waals surface area (Å²) in [7, 11) is 0. The highest BCUT2D eigenvalue weighted by Gasteiger charge is 2.41. The summed E-state index contributed by atoms with van der Waals surface area (Å²) in [6, 6.07) is -2.80. The minimum atomic E-state index is -1.75. The van der Waals surface area contributed by atoms with Crippen LogP contribution in [0.2, 0.25) is 0 Å². The van der Waals surface area contributed by atoms with Gasteiger partial charge in [-0.25, -0.2) is 9.78 Å². The second kappa shape index (κ2) is 23.7. The monoisotopic (exact) mass is 909 g/mol. The quantitative estimate of drug-likeness (QED) is 0.0440. The van der Waals surface area contributed by atoms with E-state index < -0.39 is 120 Å². The van der Waals surface area contributed by atoms with Crippen molar-refractivity contribution in [3.8, 4) is 0 Å². The lowest BCUT2D eigenvalue weighted by Gasteiger charge is -2.32. The molecule has 2 aromatic heterocycles. The molecule has 0 bridgehead atoms. The first-order valence-corrected chi connectivity index (χ1v) is 21.3. The Labute approximate surface area is 373 Å². The first-order valence-electron chi connectivity index (χ1n) is 21.3. The lowest BCUT2D eigenvalue weighted by atomic mass is 9.96. The van der Waals surface area contributed by atoms with Crippen LogP contribution in [0.1, 0.15) is 77.0 Å². The first-order chi connectivity index (χ1) is 30.8. The van der Waals surface area contributed by atoms with Gasteiger partial charge in [-0.05, 0) is 50.2 Å². The van der Waals surface area contributed by atoms with Crippen LogP contribution in [0.25, 0.3) is 10.9 Å². The van der Waals surface area contributed by atoms with Crippen molar-refractivity contribution in [2.24, 2.45) is 17.4 Å². The maximum Gasteiger partial charge on any atom is 0.326 e. The Morgan fingerprint density at radius 3 is 2.08 bits per heavy atom. The first kappa shape index (κ1) is 50.8. The predicted octanol–water partition coefficient (Wildman–Crippen LogP) is -1.94. The van der Waals surface area contributed by atoms with Crippen molar-refractivity contribution in [3.63, 3.8) is 0 Å². The van der Waals surface area contributed by atoms with Gasteiger partial charge in [-0.15, -0.1) is 0 Å². The molecule has 0 aliphatic carbocycles. The molecule has 65 heavy (non-hydrogen) atoms. The van der Waals surface area contributed by atoms with Crippen LogP contribution in [0.5, 0.6) is 0 Å². The van der Waals surface area contributed by atoms with Gasteiger partial charge in [-0.3, -0.25) is 38.4 Å². The van der Waals surface area contributed by atoms with E-state index in [-0.39, 0.29) is 38.6 Å². The Morgan fingerprint density at radius 1 is 0.815 bits per heavy atom. The molecule has 1 fully saturated rings. The third-order valence-electron chi connectivity index (χ3n) is 11.3. The lowest BCUT2D eigenvalue weighted by Crippen LogP contribution is -2.62. The Kier molecular flexibility index (Phi) is 18.5. The van der Waals surface area contributed by atoms with Crippen molar-refractivity contribution < 1.29 is 58.5 Å². The molecule has 0 saturated carbocycles. The third kappa shape index (κ3) is 14.3. The summed E-state index contributed by atoms with van der Waals surface area (Å²) in [5.41, 5.74) is 12.7. The molecule has 23 heteroatoms. The van der Waals surface area contributed by atoms with Gasteiger partial charge in [-0.2, -0.15) is 0 Å². The molecule has 1 aromatic carbocycles. The predicted molar refractivity (Wildman–Crippen MR) is 231 cm³/mol. The zero-order valence-corrected chi connectivity index (χ0v) is 36.4. The molecular weight excluding hydrogens is 851 g/mol. The summed E-state index contributed by atoms with van der Waals surface area (Å²) in [6.07, 6.45) is 1.97. The van der Waals surface area contributed by atoms with Gasteiger partial charge in [0.25, 0.3) is 0 Å². The van der Waals surface area contributed by atoms with Crippen LogP contribution in [0.3, 0.4) is 0 Å². The van der Waals surface area contributed by atoms with Crippen LogP contribution in [0, 0.1) is 5.92 Å². The number of amides is 7. The highest BCUT2D eigenvalue weighted by molar-refractivity contribution is 5.98. The number of para-hydroxylation sites is 1. The fourth-order valence-electron chi connectivity index (χ4n) is 7.40. The van der Waals surface area contributed by atoms with Gasteiger partial charge >= 0.3 is 11.9 Å². The number of primary amides is 1. The average molecular weight is 910 g/mol. The number of carboxylic acids is 2. The van der Waals surface area contributed by atoms with E-state index in [1.54, 1.807) is 44.3 Å². The van der Waals surface area contributed by atoms with E-state index >= 15 is 0 Å². The molecule has 0 unspecified atom stereocenters. The van der Waals surface area contributed by atoms with E-state index in [9.17, 15) is 58.5 Å². The number of carboxylic acid groups (broad SMARTS) is 2. The van der Waals surface area contributed by atoms with Crippen molar-refractivity contribution in [1.29, 1.82) is 0 Å². The van der Waals surface area contributed by atoms with Crippen molar-refractivity contribution >= 4 is 64.2 Å². The summed E-state index contributed by atoms with van der Waals surface area (Å²) in [4.78, 5) is 129. The highest BCUT2D eigenvalue weighted by Crippen LogP contribution is 2.23. The van der Waals surface area contributed by atoms with E-state index in [1.807, 2.05) is 0 Å². The SMILES string of the molecule is CC[C@H](C)[C@H](NC(=O)[C@H](CCC(=O)O)NC(=O)[C@H](Cc1c[nH]c2ccccc12)NC(=O)[C@@H](NC(=O)[C@H](Cc1cnc[nH]1)NC(=O)[C@@H](N)CCC(N)=O)[C@@H](C)O)C(=O)N1CCC[C@H]1C(=O)O. The van der Waals surface area contributed by atoms with E-state index in [0.717, 1.165) is 0 Å². The number of H-pyrrole nitrogens is 2. The van der Waals surface area contributed by atoms with Crippen molar-refractivity contribution in [2.75, 3.05) is 6.54 Å². The van der Waals surface area contributed by atoms with Gasteiger partial charge in [0.15, 0.2) is 0 Å². The molecule has 1 aliphatic rings. The summed E-state index contributed by atoms with van der Waals surface area (Å²) in [6.45, 7) is 4.79. The number of benzene rings is 1. The summed E-state index contributed by atoms with van der Waals surface area (Å²) >= 11 is 0. The maximum absolute atomic E-state index is 14.4. The third-order valence-corrected chi connectivity index (χ3v) is 11.3. The van der Waals surface area contributed by atoms with E-state index in [1.165, 1.54) is 24.3 Å². The largest absolute Gasteiger partial charge is 0.481 e. The topological polar surface area (TPSA) is 374 Å². The fourth-order valence-corrected chi connectivity index (χ4v) is 7.40. The molecule has 0 radical (unpaired) electrons. The van der Waals surface area contributed by atoms with Gasteiger partial charge in [0.1, 0.15) is 36.3 Å². The number of aliphatic hydroxyl groups is 1. The minimum absolute atomic E-state index is 0.126. The molecular formula is C42H59N11O12. The molecule has 1 aliphatic heterocycles. The normalized spacial score (nSPS) is 17.3. The Hall–Kier alpha value is -6.88. The minimum Gasteiger partial charge on any atom is -0.481 e. The number of imidazole rings is 1. The number of rotatable bonds is 25. The number of aliphatic carboxylic acids is 2. The molecule has 1 saturated heterocycles. The number of hydrogen-bond donors (Lipinski definition) is 12.